The molecule has 166 valence electrons. The maximum Gasteiger partial charge on any atom is 0.335 e. The lowest BCUT2D eigenvalue weighted by Crippen LogP contribution is -2.45. The fraction of sp³-hybridized carbons (Fsp3) is 0.292. The number of ether oxygens (including phenoxy) is 1. The summed E-state index contributed by atoms with van der Waals surface area (Å²) in [5, 5.41) is 27.9. The van der Waals surface area contributed by atoms with Gasteiger partial charge in [-0.2, -0.15) is 0 Å². The van der Waals surface area contributed by atoms with Crippen LogP contribution in [0.25, 0.3) is 11.3 Å². The third kappa shape index (κ3) is 3.97. The lowest BCUT2D eigenvalue weighted by atomic mass is 9.95. The zero-order valence-electron chi connectivity index (χ0n) is 18.2. The summed E-state index contributed by atoms with van der Waals surface area (Å²) in [6, 6.07) is 12.4. The number of morpholine rings is 1. The highest BCUT2D eigenvalue weighted by Gasteiger charge is 2.30. The van der Waals surface area contributed by atoms with Crippen molar-refractivity contribution in [2.45, 2.75) is 32.9 Å². The van der Waals surface area contributed by atoms with Crippen molar-refractivity contribution < 1.29 is 19.7 Å². The van der Waals surface area contributed by atoms with Crippen LogP contribution in [0.1, 0.15) is 40.1 Å². The van der Waals surface area contributed by atoms with Gasteiger partial charge in [-0.1, -0.05) is 18.2 Å². The summed E-state index contributed by atoms with van der Waals surface area (Å²) in [6.45, 7) is 6.72. The van der Waals surface area contributed by atoms with Gasteiger partial charge in [0.05, 0.1) is 23.6 Å². The van der Waals surface area contributed by atoms with Crippen molar-refractivity contribution in [3.8, 4) is 17.0 Å². The van der Waals surface area contributed by atoms with Gasteiger partial charge in [0.25, 0.3) is 0 Å². The molecule has 4 N–H and O–H groups in total. The minimum absolute atomic E-state index is 0.0367. The zero-order chi connectivity index (χ0) is 23.0. The first-order chi connectivity index (χ1) is 15.3. The third-order valence-electron chi connectivity index (χ3n) is 5.91. The van der Waals surface area contributed by atoms with Crippen LogP contribution in [0.2, 0.25) is 0 Å². The number of carbonyl (C=O) groups is 1. The summed E-state index contributed by atoms with van der Waals surface area (Å²) in [5.41, 5.74) is 10.8. The number of carboxylic acids is 1. The molecule has 1 aromatic heterocycles. The molecular weight excluding hydrogens is 408 g/mol. The number of nitrogens with zero attached hydrogens (tertiary/aromatic N) is 3. The zero-order valence-corrected chi connectivity index (χ0v) is 18.2. The first-order valence-corrected chi connectivity index (χ1v) is 10.4. The van der Waals surface area contributed by atoms with E-state index in [-0.39, 0.29) is 17.9 Å². The molecule has 2 atom stereocenters. The summed E-state index contributed by atoms with van der Waals surface area (Å²) in [6.07, 6.45) is -0.256. The molecule has 1 aliphatic rings. The highest BCUT2D eigenvalue weighted by molar-refractivity contribution is 5.89. The number of hydrogen-bond acceptors (Lipinski definition) is 7. The first-order valence-electron chi connectivity index (χ1n) is 10.4. The number of phenolic OH excluding ortho intramolecular Hbond substituents is 1. The molecule has 1 aliphatic heterocycles. The van der Waals surface area contributed by atoms with Gasteiger partial charge in [0.1, 0.15) is 11.9 Å². The number of para-hydroxylation sites is 1. The monoisotopic (exact) mass is 434 g/mol. The second kappa shape index (κ2) is 8.47. The standard InChI is InChI=1S/C24H26N4O4/c1-13-9-18(24(30)31)14(2)8-17(13)22-11-28(15(3)12-32-22)20-10-19(26-27-23(20)25)16-6-4-5-7-21(16)29/h4-10,15,22,29H,11-12H2,1-3H3,(H2,25,27)(H,30,31)/t15-,22+/m1/s1. The van der Waals surface area contributed by atoms with Gasteiger partial charge >= 0.3 is 5.97 Å². The van der Waals surface area contributed by atoms with E-state index in [0.29, 0.717) is 41.4 Å². The molecule has 1 saturated heterocycles. The number of benzene rings is 2. The topological polar surface area (TPSA) is 122 Å². The number of nitrogens with two attached hydrogens (primary N) is 1. The van der Waals surface area contributed by atoms with Crippen LogP contribution in [0.4, 0.5) is 11.5 Å². The summed E-state index contributed by atoms with van der Waals surface area (Å²) < 4.78 is 6.13. The van der Waals surface area contributed by atoms with E-state index < -0.39 is 5.97 Å². The summed E-state index contributed by atoms with van der Waals surface area (Å²) in [4.78, 5) is 13.6. The molecule has 0 unspecified atom stereocenters. The number of hydrogen-bond donors (Lipinski definition) is 3. The van der Waals surface area contributed by atoms with Crippen molar-refractivity contribution in [3.05, 3.63) is 64.7 Å². The maximum absolute atomic E-state index is 11.5. The van der Waals surface area contributed by atoms with E-state index in [1.54, 1.807) is 31.2 Å². The predicted molar refractivity (Wildman–Crippen MR) is 122 cm³/mol. The Labute approximate surface area is 186 Å². The van der Waals surface area contributed by atoms with Gasteiger partial charge in [-0.3, -0.25) is 0 Å². The molecular formula is C24H26N4O4. The molecule has 4 rings (SSSR count). The molecule has 3 aromatic rings. The van der Waals surface area contributed by atoms with Gasteiger partial charge in [-0.25, -0.2) is 4.79 Å². The molecule has 8 nitrogen and oxygen atoms in total. The lowest BCUT2D eigenvalue weighted by molar-refractivity contribution is 0.0212. The third-order valence-corrected chi connectivity index (χ3v) is 5.91. The number of aromatic carboxylic acids is 1. The Bertz CT molecular complexity index is 1180. The molecule has 32 heavy (non-hydrogen) atoms. The van der Waals surface area contributed by atoms with Gasteiger partial charge in [0.2, 0.25) is 0 Å². The largest absolute Gasteiger partial charge is 0.507 e. The smallest absolute Gasteiger partial charge is 0.335 e. The Kier molecular flexibility index (Phi) is 5.71. The van der Waals surface area contributed by atoms with Gasteiger partial charge in [0.15, 0.2) is 5.82 Å². The highest BCUT2D eigenvalue weighted by Crippen LogP contribution is 2.36. The van der Waals surface area contributed by atoms with Crippen LogP contribution in [0, 0.1) is 13.8 Å². The number of aromatic hydroxyl groups is 1. The molecule has 2 heterocycles. The van der Waals surface area contributed by atoms with Gasteiger partial charge < -0.3 is 25.6 Å². The fourth-order valence-corrected chi connectivity index (χ4v) is 4.14. The van der Waals surface area contributed by atoms with Crippen molar-refractivity contribution >= 4 is 17.5 Å². The number of aromatic nitrogens is 2. The number of nitrogen functional groups attached to an aromatic ring is 1. The minimum Gasteiger partial charge on any atom is -0.507 e. The van der Waals surface area contributed by atoms with Crippen molar-refractivity contribution in [1.82, 2.24) is 10.2 Å². The van der Waals surface area contributed by atoms with E-state index in [1.165, 1.54) is 0 Å². The molecule has 0 aliphatic carbocycles. The molecule has 1 fully saturated rings. The van der Waals surface area contributed by atoms with Crippen LogP contribution < -0.4 is 10.6 Å². The Hall–Kier alpha value is -3.65. The van der Waals surface area contributed by atoms with Gasteiger partial charge in [-0.05, 0) is 61.7 Å². The average molecular weight is 434 g/mol. The Morgan fingerprint density at radius 2 is 1.91 bits per heavy atom. The second-order valence-electron chi connectivity index (χ2n) is 8.17. The van der Waals surface area contributed by atoms with Crippen LogP contribution in [0.5, 0.6) is 5.75 Å². The molecule has 0 radical (unpaired) electrons. The van der Waals surface area contributed by atoms with Crippen molar-refractivity contribution in [1.29, 1.82) is 0 Å². The van der Waals surface area contributed by atoms with E-state index in [4.69, 9.17) is 10.5 Å². The predicted octanol–water partition coefficient (Wildman–Crippen LogP) is 3.71. The molecule has 8 heteroatoms. The maximum atomic E-state index is 11.5. The van der Waals surface area contributed by atoms with Crippen LogP contribution >= 0.6 is 0 Å². The second-order valence-corrected chi connectivity index (χ2v) is 8.17. The lowest BCUT2D eigenvalue weighted by Gasteiger charge is -2.40. The van der Waals surface area contributed by atoms with Crippen molar-refractivity contribution in [2.75, 3.05) is 23.8 Å². The molecule has 0 amide bonds. The van der Waals surface area contributed by atoms with Crippen molar-refractivity contribution in [2.24, 2.45) is 0 Å². The Morgan fingerprint density at radius 1 is 1.16 bits per heavy atom. The molecule has 0 bridgehead atoms. The number of rotatable bonds is 4. The summed E-state index contributed by atoms with van der Waals surface area (Å²) in [5.74, 6) is -0.523. The number of anilines is 2. The average Bonchev–Trinajstić information content (AvgIpc) is 2.76. The SMILES string of the molecule is Cc1cc([C@@H]2CN(c3cc(-c4ccccc4O)nnc3N)[C@H](C)CO2)c(C)cc1C(=O)O. The van der Waals surface area contributed by atoms with Gasteiger partial charge in [-0.15, -0.1) is 10.2 Å². The molecule has 0 spiro atoms. The van der Waals surface area contributed by atoms with E-state index in [9.17, 15) is 15.0 Å². The highest BCUT2D eigenvalue weighted by atomic mass is 16.5. The van der Waals surface area contributed by atoms with E-state index in [1.807, 2.05) is 32.0 Å². The number of phenols is 1. The Morgan fingerprint density at radius 3 is 2.62 bits per heavy atom. The molecule has 0 saturated carbocycles. The van der Waals surface area contributed by atoms with E-state index in [0.717, 1.165) is 16.8 Å². The van der Waals surface area contributed by atoms with E-state index >= 15 is 0 Å². The number of aryl methyl sites for hydroxylation is 2. The van der Waals surface area contributed by atoms with Crippen LogP contribution in [-0.4, -0.2) is 45.6 Å². The molecule has 2 aromatic carbocycles. The van der Waals surface area contributed by atoms with E-state index in [2.05, 4.69) is 15.1 Å². The van der Waals surface area contributed by atoms with Crippen LogP contribution in [0.15, 0.2) is 42.5 Å². The quantitative estimate of drug-likeness (QED) is 0.568. The normalized spacial score (nSPS) is 18.5. The summed E-state index contributed by atoms with van der Waals surface area (Å²) >= 11 is 0. The van der Waals surface area contributed by atoms with Crippen LogP contribution in [-0.2, 0) is 4.74 Å². The summed E-state index contributed by atoms with van der Waals surface area (Å²) in [7, 11) is 0. The van der Waals surface area contributed by atoms with Crippen molar-refractivity contribution in [3.63, 3.8) is 0 Å². The van der Waals surface area contributed by atoms with Crippen LogP contribution in [0.3, 0.4) is 0 Å². The minimum atomic E-state index is -0.940. The Balaban J connectivity index is 1.69. The fourth-order valence-electron chi connectivity index (χ4n) is 4.14. The van der Waals surface area contributed by atoms with Gasteiger partial charge in [0, 0.05) is 18.2 Å². The number of carboxylic acid groups (broad SMARTS) is 1. The first kappa shape index (κ1) is 21.6.